The van der Waals surface area contributed by atoms with Crippen LogP contribution in [0.15, 0.2) is 48.8 Å². The van der Waals surface area contributed by atoms with E-state index in [1.54, 1.807) is 35.1 Å². The molecular weight excluding hydrogens is 590 g/mol. The van der Waals surface area contributed by atoms with Crippen molar-refractivity contribution < 1.29 is 27.1 Å². The number of aryl methyl sites for hydroxylation is 1. The van der Waals surface area contributed by atoms with Crippen LogP contribution in [0.25, 0.3) is 11.1 Å². The van der Waals surface area contributed by atoms with Gasteiger partial charge in [0.05, 0.1) is 35.5 Å². The van der Waals surface area contributed by atoms with E-state index in [4.69, 9.17) is 5.11 Å². The fourth-order valence-electron chi connectivity index (χ4n) is 6.25. The summed E-state index contributed by atoms with van der Waals surface area (Å²) in [6, 6.07) is 10.3. The minimum Gasteiger partial charge on any atom is -0.395 e. The first-order valence-corrected chi connectivity index (χ1v) is 16.7. The fraction of sp³-hybridized carbons (Fsp3) is 0.484. The second-order valence-electron chi connectivity index (χ2n) is 12.3. The van der Waals surface area contributed by atoms with Crippen LogP contribution in [0.3, 0.4) is 0 Å². The Morgan fingerprint density at radius 1 is 0.932 bits per heavy atom. The Morgan fingerprint density at radius 3 is 2.20 bits per heavy atom. The number of piperidine rings is 2. The second kappa shape index (κ2) is 11.7. The highest BCUT2D eigenvalue weighted by molar-refractivity contribution is 7.92. The number of nitrogens with one attached hydrogen (secondary N) is 2. The van der Waals surface area contributed by atoms with Gasteiger partial charge in [0.1, 0.15) is 0 Å². The van der Waals surface area contributed by atoms with Crippen molar-refractivity contribution in [1.29, 1.82) is 0 Å². The fourth-order valence-corrected chi connectivity index (χ4v) is 7.08. The number of aromatic nitrogens is 2. The average molecular weight is 629 g/mol. The van der Waals surface area contributed by atoms with Gasteiger partial charge in [-0.3, -0.25) is 14.2 Å². The van der Waals surface area contributed by atoms with E-state index in [-0.39, 0.29) is 31.8 Å². The number of aliphatic hydroxyl groups excluding tert-OH is 1. The van der Waals surface area contributed by atoms with Crippen molar-refractivity contribution in [1.82, 2.24) is 9.78 Å². The number of anilines is 4. The van der Waals surface area contributed by atoms with Crippen molar-refractivity contribution in [2.75, 3.05) is 58.4 Å². The molecule has 13 heteroatoms. The molecule has 10 nitrogen and oxygen atoms in total. The van der Waals surface area contributed by atoms with E-state index in [0.29, 0.717) is 28.0 Å². The molecule has 0 atom stereocenters. The molecule has 1 aliphatic carbocycles. The molecule has 2 saturated heterocycles. The lowest BCUT2D eigenvalue weighted by Crippen LogP contribution is -2.39. The number of sulfonamides is 1. The zero-order valence-electron chi connectivity index (χ0n) is 24.7. The maximum Gasteiger partial charge on any atom is 0.257 e. The van der Waals surface area contributed by atoms with E-state index in [9.17, 15) is 22.0 Å². The number of carbonyl (C=O) groups is 1. The number of nitrogens with zero attached hydrogens (tertiary/aromatic N) is 4. The van der Waals surface area contributed by atoms with Gasteiger partial charge in [0.15, 0.2) is 0 Å². The van der Waals surface area contributed by atoms with Crippen LogP contribution in [-0.2, 0) is 17.1 Å². The summed E-state index contributed by atoms with van der Waals surface area (Å²) in [6.45, 7) is 1.39. The van der Waals surface area contributed by atoms with Crippen molar-refractivity contribution in [2.24, 2.45) is 12.5 Å². The van der Waals surface area contributed by atoms with Crippen LogP contribution in [0.5, 0.6) is 0 Å². The van der Waals surface area contributed by atoms with E-state index in [2.05, 4.69) is 20.0 Å². The van der Waals surface area contributed by atoms with Crippen LogP contribution < -0.4 is 19.8 Å². The lowest BCUT2D eigenvalue weighted by molar-refractivity contribution is -0.0220. The van der Waals surface area contributed by atoms with Crippen molar-refractivity contribution in [3.8, 4) is 11.1 Å². The van der Waals surface area contributed by atoms with Gasteiger partial charge in [-0.15, -0.1) is 0 Å². The Kier molecular flexibility index (Phi) is 8.03. The van der Waals surface area contributed by atoms with Crippen molar-refractivity contribution in [3.63, 3.8) is 0 Å². The van der Waals surface area contributed by atoms with Gasteiger partial charge in [-0.2, -0.15) is 5.10 Å². The Morgan fingerprint density at radius 2 is 1.57 bits per heavy atom. The standard InChI is InChI=1S/C31H38F2N6O4S/c1-37-21-22(20-34-37)25-4-2-23(18-27(25)39-14-10-31(32,33)11-15-39)35-29(41)26-5-3-24(36-44(42,43)17-16-40)19-28(26)38-12-8-30(6-7-30)9-13-38/h2-5,18-21,36,40H,6-17H2,1H3,(H,35,41). The van der Waals surface area contributed by atoms with E-state index in [0.717, 1.165) is 42.7 Å². The summed E-state index contributed by atoms with van der Waals surface area (Å²) in [5, 5.41) is 16.4. The van der Waals surface area contributed by atoms with E-state index < -0.39 is 28.3 Å². The van der Waals surface area contributed by atoms with E-state index >= 15 is 0 Å². The number of amides is 1. The van der Waals surface area contributed by atoms with Crippen LogP contribution in [0.4, 0.5) is 31.5 Å². The number of halogens is 2. The first-order valence-electron chi connectivity index (χ1n) is 15.0. The molecule has 0 bridgehead atoms. The van der Waals surface area contributed by atoms with Gasteiger partial charge in [0, 0.05) is 74.8 Å². The SMILES string of the molecule is Cn1cc(-c2ccc(NC(=O)c3ccc(NS(=O)(=O)CCO)cc3N3CCC4(CC3)CC4)cc2N2CCC(F)(F)CC2)cn1. The lowest BCUT2D eigenvalue weighted by atomic mass is 9.93. The monoisotopic (exact) mass is 628 g/mol. The Balaban J connectivity index is 1.29. The normalized spacial score (nSPS) is 19.2. The van der Waals surface area contributed by atoms with Crippen LogP contribution in [0.1, 0.15) is 48.9 Å². The molecule has 3 heterocycles. The predicted octanol–water partition coefficient (Wildman–Crippen LogP) is 4.69. The van der Waals surface area contributed by atoms with Gasteiger partial charge in [-0.05, 0) is 61.4 Å². The van der Waals surface area contributed by atoms with Crippen LogP contribution >= 0.6 is 0 Å². The molecule has 44 heavy (non-hydrogen) atoms. The molecule has 2 aliphatic heterocycles. The number of aliphatic hydroxyl groups is 1. The van der Waals surface area contributed by atoms with Gasteiger partial charge < -0.3 is 20.2 Å². The summed E-state index contributed by atoms with van der Waals surface area (Å²) in [5.41, 5.74) is 4.70. The zero-order valence-corrected chi connectivity index (χ0v) is 25.5. The molecule has 0 unspecified atom stereocenters. The molecule has 3 aromatic rings. The molecule has 6 rings (SSSR count). The van der Waals surface area contributed by atoms with Gasteiger partial charge in [0.25, 0.3) is 11.8 Å². The highest BCUT2D eigenvalue weighted by Gasteiger charge is 2.44. The minimum absolute atomic E-state index is 0.186. The van der Waals surface area contributed by atoms with Crippen molar-refractivity contribution in [2.45, 2.75) is 44.4 Å². The summed E-state index contributed by atoms with van der Waals surface area (Å²) in [4.78, 5) is 17.9. The van der Waals surface area contributed by atoms with E-state index in [1.807, 2.05) is 30.3 Å². The molecule has 1 amide bonds. The molecular formula is C31H38F2N6O4S. The molecule has 3 fully saturated rings. The summed E-state index contributed by atoms with van der Waals surface area (Å²) < 4.78 is 56.9. The van der Waals surface area contributed by atoms with Crippen molar-refractivity contribution in [3.05, 3.63) is 54.4 Å². The highest BCUT2D eigenvalue weighted by atomic mass is 32.2. The number of hydrogen-bond acceptors (Lipinski definition) is 7. The summed E-state index contributed by atoms with van der Waals surface area (Å²) in [7, 11) is -1.94. The Bertz CT molecular complexity index is 1640. The maximum atomic E-state index is 14.0. The molecule has 1 saturated carbocycles. The van der Waals surface area contributed by atoms with Gasteiger partial charge in [-0.25, -0.2) is 17.2 Å². The molecule has 1 aromatic heterocycles. The molecule has 0 radical (unpaired) electrons. The zero-order chi connectivity index (χ0) is 31.1. The first-order chi connectivity index (χ1) is 20.9. The van der Waals surface area contributed by atoms with Gasteiger partial charge >= 0.3 is 0 Å². The topological polar surface area (TPSA) is 120 Å². The Labute approximate surface area is 256 Å². The van der Waals surface area contributed by atoms with Crippen molar-refractivity contribution >= 4 is 38.7 Å². The third kappa shape index (κ3) is 6.68. The maximum absolute atomic E-state index is 14.0. The van der Waals surface area contributed by atoms with Crippen LogP contribution in [0, 0.1) is 5.41 Å². The van der Waals surface area contributed by atoms with Crippen LogP contribution in [0.2, 0.25) is 0 Å². The molecule has 2 aromatic carbocycles. The van der Waals surface area contributed by atoms with Crippen LogP contribution in [-0.4, -0.2) is 73.7 Å². The molecule has 1 spiro atoms. The van der Waals surface area contributed by atoms with Gasteiger partial charge in [-0.1, -0.05) is 6.07 Å². The minimum atomic E-state index is -3.75. The lowest BCUT2D eigenvalue weighted by Gasteiger charge is -2.35. The van der Waals surface area contributed by atoms with Gasteiger partial charge in [0.2, 0.25) is 10.0 Å². The largest absolute Gasteiger partial charge is 0.395 e. The Hall–Kier alpha value is -3.71. The third-order valence-corrected chi connectivity index (χ3v) is 10.4. The quantitative estimate of drug-likeness (QED) is 0.315. The summed E-state index contributed by atoms with van der Waals surface area (Å²) in [5.74, 6) is -3.48. The summed E-state index contributed by atoms with van der Waals surface area (Å²) >= 11 is 0. The molecule has 236 valence electrons. The predicted molar refractivity (Wildman–Crippen MR) is 167 cm³/mol. The molecule has 3 aliphatic rings. The smallest absolute Gasteiger partial charge is 0.257 e. The number of hydrogen-bond donors (Lipinski definition) is 3. The number of rotatable bonds is 9. The number of carbonyl (C=O) groups excluding carboxylic acids is 1. The number of benzene rings is 2. The average Bonchev–Trinajstić information content (AvgIpc) is 3.59. The van der Waals surface area contributed by atoms with E-state index in [1.165, 1.54) is 12.8 Å². The summed E-state index contributed by atoms with van der Waals surface area (Å²) in [6.07, 6.45) is 7.58. The third-order valence-electron chi connectivity index (χ3n) is 9.10. The highest BCUT2D eigenvalue weighted by Crippen LogP contribution is 2.54. The second-order valence-corrected chi connectivity index (χ2v) is 14.1. The molecule has 3 N–H and O–H groups in total. The first kappa shape index (κ1) is 30.3. The number of alkyl halides is 2.